The van der Waals surface area contributed by atoms with E-state index in [1.54, 1.807) is 41.3 Å². The SMILES string of the molecule is Cc1ccc(CN(C(=O)CN(c2ccc(C)c(C)c2)S(=O)(=O)c2ccc(C)cc2)C(Cc2ccccc2)C(=O)NC2CCCCC2)cc1. The molecule has 5 rings (SSSR count). The number of carbonyl (C=O) groups excluding carboxylic acids is 2. The lowest BCUT2D eigenvalue weighted by Crippen LogP contribution is -2.55. The molecule has 1 N–H and O–H groups in total. The number of rotatable bonds is 12. The number of amides is 2. The Morgan fingerprint density at radius 2 is 1.38 bits per heavy atom. The zero-order valence-corrected chi connectivity index (χ0v) is 29.3. The molecule has 0 saturated heterocycles. The molecule has 0 heterocycles. The van der Waals surface area contributed by atoms with Crippen LogP contribution in [0.15, 0.2) is 102 Å². The highest BCUT2D eigenvalue weighted by atomic mass is 32.2. The van der Waals surface area contributed by atoms with Crippen molar-refractivity contribution in [2.75, 3.05) is 10.8 Å². The first-order valence-electron chi connectivity index (χ1n) is 16.9. The molecule has 8 heteroatoms. The summed E-state index contributed by atoms with van der Waals surface area (Å²) >= 11 is 0. The van der Waals surface area contributed by atoms with E-state index < -0.39 is 28.5 Å². The smallest absolute Gasteiger partial charge is 0.264 e. The van der Waals surface area contributed by atoms with Crippen LogP contribution in [0.5, 0.6) is 0 Å². The van der Waals surface area contributed by atoms with Crippen LogP contribution in [0.4, 0.5) is 5.69 Å². The van der Waals surface area contributed by atoms with Crippen LogP contribution in [0.2, 0.25) is 0 Å². The van der Waals surface area contributed by atoms with Gasteiger partial charge in [0.15, 0.2) is 0 Å². The van der Waals surface area contributed by atoms with Gasteiger partial charge >= 0.3 is 0 Å². The van der Waals surface area contributed by atoms with E-state index >= 15 is 0 Å². The summed E-state index contributed by atoms with van der Waals surface area (Å²) in [6.07, 6.45) is 5.38. The number of sulfonamides is 1. The van der Waals surface area contributed by atoms with Crippen LogP contribution in [0, 0.1) is 27.7 Å². The number of benzene rings is 4. The molecule has 0 aliphatic heterocycles. The van der Waals surface area contributed by atoms with Gasteiger partial charge in [0, 0.05) is 19.0 Å². The highest BCUT2D eigenvalue weighted by molar-refractivity contribution is 7.92. The number of nitrogens with one attached hydrogen (secondary N) is 1. The van der Waals surface area contributed by atoms with Gasteiger partial charge in [-0.2, -0.15) is 0 Å². The van der Waals surface area contributed by atoms with E-state index in [0.29, 0.717) is 12.1 Å². The van der Waals surface area contributed by atoms with Gasteiger partial charge in [0.25, 0.3) is 10.0 Å². The van der Waals surface area contributed by atoms with Crippen LogP contribution in [-0.4, -0.2) is 43.8 Å². The van der Waals surface area contributed by atoms with Crippen LogP contribution < -0.4 is 9.62 Å². The van der Waals surface area contributed by atoms with Crippen LogP contribution >= 0.6 is 0 Å². The van der Waals surface area contributed by atoms with E-state index in [-0.39, 0.29) is 23.4 Å². The van der Waals surface area contributed by atoms with Crippen LogP contribution in [0.3, 0.4) is 0 Å². The average molecular weight is 666 g/mol. The molecule has 7 nitrogen and oxygen atoms in total. The first-order chi connectivity index (χ1) is 23.0. The Hall–Kier alpha value is -4.43. The van der Waals surface area contributed by atoms with Gasteiger partial charge in [0.05, 0.1) is 10.6 Å². The van der Waals surface area contributed by atoms with Gasteiger partial charge in [-0.3, -0.25) is 13.9 Å². The van der Waals surface area contributed by atoms with Crippen molar-refractivity contribution < 1.29 is 18.0 Å². The van der Waals surface area contributed by atoms with Crippen LogP contribution in [0.1, 0.15) is 65.5 Å². The van der Waals surface area contributed by atoms with E-state index in [0.717, 1.165) is 65.5 Å². The van der Waals surface area contributed by atoms with Crippen molar-refractivity contribution in [3.8, 4) is 0 Å². The molecule has 0 radical (unpaired) electrons. The summed E-state index contributed by atoms with van der Waals surface area (Å²) in [7, 11) is -4.15. The summed E-state index contributed by atoms with van der Waals surface area (Å²) in [5, 5.41) is 3.26. The second kappa shape index (κ2) is 15.6. The lowest BCUT2D eigenvalue weighted by atomic mass is 9.94. The highest BCUT2D eigenvalue weighted by Crippen LogP contribution is 2.27. The lowest BCUT2D eigenvalue weighted by Gasteiger charge is -2.35. The van der Waals surface area contributed by atoms with E-state index in [1.165, 1.54) is 4.31 Å². The highest BCUT2D eigenvalue weighted by Gasteiger charge is 2.35. The summed E-state index contributed by atoms with van der Waals surface area (Å²) in [5.74, 6) is -0.672. The predicted octanol–water partition coefficient (Wildman–Crippen LogP) is 7.20. The van der Waals surface area contributed by atoms with Gasteiger partial charge in [-0.05, 0) is 87.1 Å². The molecule has 0 aromatic heterocycles. The molecule has 1 aliphatic rings. The summed E-state index contributed by atoms with van der Waals surface area (Å²) in [5.41, 5.74) is 6.11. The van der Waals surface area contributed by atoms with Gasteiger partial charge in [-0.25, -0.2) is 8.42 Å². The Morgan fingerprint density at radius 3 is 2.00 bits per heavy atom. The third-order valence-corrected chi connectivity index (χ3v) is 11.2. The van der Waals surface area contributed by atoms with Gasteiger partial charge < -0.3 is 10.2 Å². The molecule has 0 bridgehead atoms. The number of anilines is 1. The molecule has 4 aromatic carbocycles. The second-order valence-corrected chi connectivity index (χ2v) is 15.0. The normalized spacial score (nSPS) is 14.2. The molecule has 1 fully saturated rings. The van der Waals surface area contributed by atoms with E-state index in [2.05, 4.69) is 5.32 Å². The van der Waals surface area contributed by atoms with Crippen LogP contribution in [0.25, 0.3) is 0 Å². The standard InChI is InChI=1S/C40H47N3O4S/c1-29-15-20-34(21-16-29)27-42(38(26-33-11-7-5-8-12-33)40(45)41-35-13-9-6-10-14-35)39(44)28-43(36-22-19-31(3)32(4)25-36)48(46,47)37-23-17-30(2)18-24-37/h5,7-8,11-12,15-25,35,38H,6,9-10,13-14,26-28H2,1-4H3,(H,41,45). The molecule has 48 heavy (non-hydrogen) atoms. The van der Waals surface area contributed by atoms with E-state index in [9.17, 15) is 18.0 Å². The van der Waals surface area contributed by atoms with Crippen molar-refractivity contribution in [1.82, 2.24) is 10.2 Å². The molecule has 1 saturated carbocycles. The van der Waals surface area contributed by atoms with Gasteiger partial charge in [-0.1, -0.05) is 103 Å². The molecule has 1 unspecified atom stereocenters. The fourth-order valence-electron chi connectivity index (χ4n) is 6.24. The molecule has 2 amide bonds. The van der Waals surface area contributed by atoms with Crippen LogP contribution in [-0.2, 0) is 32.6 Å². The molecule has 252 valence electrons. The van der Waals surface area contributed by atoms with E-state index in [4.69, 9.17) is 0 Å². The Labute approximate surface area is 286 Å². The third kappa shape index (κ3) is 8.72. The summed E-state index contributed by atoms with van der Waals surface area (Å²) in [4.78, 5) is 30.7. The Kier molecular flexibility index (Phi) is 11.4. The number of hydrogen-bond donors (Lipinski definition) is 1. The Balaban J connectivity index is 1.57. The van der Waals surface area contributed by atoms with Gasteiger partial charge in [0.2, 0.25) is 11.8 Å². The number of nitrogens with zero attached hydrogens (tertiary/aromatic N) is 2. The first kappa shape index (κ1) is 34.9. The van der Waals surface area contributed by atoms with Gasteiger partial charge in [0.1, 0.15) is 12.6 Å². The van der Waals surface area contributed by atoms with Crippen molar-refractivity contribution in [3.63, 3.8) is 0 Å². The molecular formula is C40H47N3O4S. The molecular weight excluding hydrogens is 619 g/mol. The predicted molar refractivity (Wildman–Crippen MR) is 192 cm³/mol. The zero-order valence-electron chi connectivity index (χ0n) is 28.5. The quantitative estimate of drug-likeness (QED) is 0.173. The maximum absolute atomic E-state index is 14.8. The average Bonchev–Trinajstić information content (AvgIpc) is 3.08. The summed E-state index contributed by atoms with van der Waals surface area (Å²) in [6.45, 7) is 7.47. The summed E-state index contributed by atoms with van der Waals surface area (Å²) < 4.78 is 29.8. The van der Waals surface area contributed by atoms with Crippen molar-refractivity contribution in [2.45, 2.75) is 89.7 Å². The monoisotopic (exact) mass is 665 g/mol. The Bertz CT molecular complexity index is 1800. The molecule has 1 atom stereocenters. The lowest BCUT2D eigenvalue weighted by molar-refractivity contribution is -0.140. The van der Waals surface area contributed by atoms with Crippen molar-refractivity contribution in [2.24, 2.45) is 0 Å². The minimum Gasteiger partial charge on any atom is -0.352 e. The fraction of sp³-hybridized carbons (Fsp3) is 0.350. The minimum atomic E-state index is -4.15. The van der Waals surface area contributed by atoms with E-state index in [1.807, 2.05) is 88.4 Å². The zero-order chi connectivity index (χ0) is 34.3. The third-order valence-electron chi connectivity index (χ3n) is 9.36. The molecule has 4 aromatic rings. The summed E-state index contributed by atoms with van der Waals surface area (Å²) in [6, 6.07) is 28.8. The maximum atomic E-state index is 14.8. The fourth-order valence-corrected chi connectivity index (χ4v) is 7.64. The number of hydrogen-bond acceptors (Lipinski definition) is 4. The molecule has 1 aliphatic carbocycles. The largest absolute Gasteiger partial charge is 0.352 e. The number of aryl methyl sites for hydroxylation is 4. The van der Waals surface area contributed by atoms with Crippen molar-refractivity contribution >= 4 is 27.5 Å². The first-order valence-corrected chi connectivity index (χ1v) is 18.3. The second-order valence-electron chi connectivity index (χ2n) is 13.1. The Morgan fingerprint density at radius 1 is 0.750 bits per heavy atom. The topological polar surface area (TPSA) is 86.8 Å². The molecule has 0 spiro atoms. The van der Waals surface area contributed by atoms with Gasteiger partial charge in [-0.15, -0.1) is 0 Å². The number of carbonyl (C=O) groups is 2. The minimum absolute atomic E-state index is 0.0507. The maximum Gasteiger partial charge on any atom is 0.264 e. The van der Waals surface area contributed by atoms with Crippen molar-refractivity contribution in [3.05, 3.63) is 130 Å². The van der Waals surface area contributed by atoms with Crippen molar-refractivity contribution in [1.29, 1.82) is 0 Å².